The van der Waals surface area contributed by atoms with Gasteiger partial charge in [0.2, 0.25) is 5.91 Å². The fourth-order valence-electron chi connectivity index (χ4n) is 3.59. The summed E-state index contributed by atoms with van der Waals surface area (Å²) in [5.41, 5.74) is 1.21. The summed E-state index contributed by atoms with van der Waals surface area (Å²) in [6.45, 7) is 6.77. The fourth-order valence-corrected chi connectivity index (χ4v) is 3.59. The van der Waals surface area contributed by atoms with E-state index in [1.165, 1.54) is 0 Å². The van der Waals surface area contributed by atoms with E-state index in [1.54, 1.807) is 0 Å². The van der Waals surface area contributed by atoms with Gasteiger partial charge in [-0.25, -0.2) is 4.98 Å². The van der Waals surface area contributed by atoms with Crippen LogP contribution in [0.15, 0.2) is 30.3 Å². The van der Waals surface area contributed by atoms with Gasteiger partial charge >= 0.3 is 0 Å². The Morgan fingerprint density at radius 1 is 1.19 bits per heavy atom. The van der Waals surface area contributed by atoms with E-state index in [9.17, 15) is 9.59 Å². The lowest BCUT2D eigenvalue weighted by atomic mass is 10.1. The van der Waals surface area contributed by atoms with E-state index in [0.717, 1.165) is 23.7 Å². The summed E-state index contributed by atoms with van der Waals surface area (Å²) >= 11 is 0. The molecular weight excluding hydrogens is 340 g/mol. The number of anilines is 1. The van der Waals surface area contributed by atoms with Gasteiger partial charge in [-0.2, -0.15) is 0 Å². The first kappa shape index (κ1) is 17.8. The van der Waals surface area contributed by atoms with Crippen LogP contribution in [-0.4, -0.2) is 45.9 Å². The highest BCUT2D eigenvalue weighted by Gasteiger charge is 2.36. The third kappa shape index (κ3) is 3.75. The second-order valence-electron chi connectivity index (χ2n) is 8.54. The van der Waals surface area contributed by atoms with Crippen molar-refractivity contribution in [1.82, 2.24) is 15.2 Å². The number of carbonyl (C=O) groups is 2. The number of carbonyl (C=O) groups excluding carboxylic acids is 2. The van der Waals surface area contributed by atoms with E-state index in [1.807, 2.05) is 56.0 Å². The third-order valence-corrected chi connectivity index (χ3v) is 5.16. The van der Waals surface area contributed by atoms with Gasteiger partial charge in [0.1, 0.15) is 5.82 Å². The lowest BCUT2D eigenvalue weighted by Gasteiger charge is -2.32. The second kappa shape index (κ2) is 6.51. The van der Waals surface area contributed by atoms with Crippen LogP contribution in [-0.2, 0) is 4.79 Å². The van der Waals surface area contributed by atoms with Gasteiger partial charge in [0.25, 0.3) is 5.91 Å². The monoisotopic (exact) mass is 366 g/mol. The molecule has 27 heavy (non-hydrogen) atoms. The van der Waals surface area contributed by atoms with Crippen molar-refractivity contribution in [1.29, 1.82) is 0 Å². The average Bonchev–Trinajstić information content (AvgIpc) is 3.33. The molecule has 1 saturated carbocycles. The molecule has 1 unspecified atom stereocenters. The molecule has 1 aliphatic heterocycles. The molecule has 2 heterocycles. The smallest absolute Gasteiger partial charge is 0.252 e. The van der Waals surface area contributed by atoms with Crippen LogP contribution in [0.2, 0.25) is 0 Å². The SMILES string of the molecule is CC(C)(C)N1CC(Nc2cc(C(=O)NC3CC3)c3ccccc3n2)CC1=O. The molecule has 0 spiro atoms. The Morgan fingerprint density at radius 2 is 1.93 bits per heavy atom. The molecule has 1 atom stereocenters. The highest BCUT2D eigenvalue weighted by atomic mass is 16.2. The van der Waals surface area contributed by atoms with Crippen LogP contribution in [0.3, 0.4) is 0 Å². The van der Waals surface area contributed by atoms with Crippen LogP contribution in [0.5, 0.6) is 0 Å². The molecule has 1 aromatic carbocycles. The van der Waals surface area contributed by atoms with Crippen molar-refractivity contribution >= 4 is 28.5 Å². The largest absolute Gasteiger partial charge is 0.365 e. The molecule has 0 bridgehead atoms. The number of benzene rings is 1. The fraction of sp³-hybridized carbons (Fsp3) is 0.476. The maximum atomic E-state index is 12.7. The number of para-hydroxylation sites is 1. The number of likely N-dealkylation sites (tertiary alicyclic amines) is 1. The molecule has 2 aromatic rings. The van der Waals surface area contributed by atoms with Gasteiger partial charge in [-0.05, 0) is 45.7 Å². The highest BCUT2D eigenvalue weighted by molar-refractivity contribution is 6.07. The van der Waals surface area contributed by atoms with Crippen molar-refractivity contribution in [2.24, 2.45) is 0 Å². The molecule has 6 heteroatoms. The summed E-state index contributed by atoms with van der Waals surface area (Å²) in [6, 6.07) is 9.77. The molecule has 2 aliphatic rings. The highest BCUT2D eigenvalue weighted by Crippen LogP contribution is 2.27. The zero-order valence-electron chi connectivity index (χ0n) is 16.1. The standard InChI is InChI=1S/C21H26N4O2/c1-21(2,3)25-12-14(10-19(25)26)22-18-11-16(20(27)23-13-8-9-13)15-6-4-5-7-17(15)24-18/h4-7,11,13-14H,8-10,12H2,1-3H3,(H,22,24)(H,23,27). The number of fused-ring (bicyclic) bond motifs is 1. The summed E-state index contributed by atoms with van der Waals surface area (Å²) in [5.74, 6) is 0.730. The number of hydrogen-bond donors (Lipinski definition) is 2. The number of amides is 2. The van der Waals surface area contributed by atoms with Crippen LogP contribution < -0.4 is 10.6 Å². The van der Waals surface area contributed by atoms with Gasteiger partial charge in [-0.3, -0.25) is 9.59 Å². The topological polar surface area (TPSA) is 74.3 Å². The Morgan fingerprint density at radius 3 is 2.59 bits per heavy atom. The molecule has 4 rings (SSSR count). The average molecular weight is 366 g/mol. The van der Waals surface area contributed by atoms with Gasteiger partial charge in [0.05, 0.1) is 17.1 Å². The molecular formula is C21H26N4O2. The number of nitrogens with zero attached hydrogens (tertiary/aromatic N) is 2. The van der Waals surface area contributed by atoms with Gasteiger partial charge in [-0.1, -0.05) is 18.2 Å². The minimum absolute atomic E-state index is 0.00951. The quantitative estimate of drug-likeness (QED) is 0.872. The van der Waals surface area contributed by atoms with Crippen molar-refractivity contribution in [3.05, 3.63) is 35.9 Å². The van der Waals surface area contributed by atoms with Gasteiger partial charge in [0, 0.05) is 29.9 Å². The minimum Gasteiger partial charge on any atom is -0.365 e. The molecule has 2 fully saturated rings. The first-order valence-corrected chi connectivity index (χ1v) is 9.59. The molecule has 1 aromatic heterocycles. The zero-order valence-corrected chi connectivity index (χ0v) is 16.1. The summed E-state index contributed by atoms with van der Waals surface area (Å²) in [5, 5.41) is 7.28. The van der Waals surface area contributed by atoms with E-state index >= 15 is 0 Å². The first-order valence-electron chi connectivity index (χ1n) is 9.59. The Labute approximate surface area is 159 Å². The van der Waals surface area contributed by atoms with Crippen molar-refractivity contribution in [3.63, 3.8) is 0 Å². The predicted octanol–water partition coefficient (Wildman–Crippen LogP) is 2.94. The van der Waals surface area contributed by atoms with Crippen molar-refractivity contribution in [2.45, 2.75) is 57.7 Å². The Balaban J connectivity index is 1.60. The molecule has 1 aliphatic carbocycles. The van der Waals surface area contributed by atoms with Gasteiger partial charge < -0.3 is 15.5 Å². The number of rotatable bonds is 4. The van der Waals surface area contributed by atoms with E-state index < -0.39 is 0 Å². The van der Waals surface area contributed by atoms with E-state index in [-0.39, 0.29) is 23.4 Å². The van der Waals surface area contributed by atoms with Crippen LogP contribution in [0.1, 0.15) is 50.4 Å². The number of pyridine rings is 1. The number of hydrogen-bond acceptors (Lipinski definition) is 4. The third-order valence-electron chi connectivity index (χ3n) is 5.16. The Kier molecular flexibility index (Phi) is 4.29. The second-order valence-corrected chi connectivity index (χ2v) is 8.54. The molecule has 1 saturated heterocycles. The van der Waals surface area contributed by atoms with Gasteiger partial charge in [-0.15, -0.1) is 0 Å². The lowest BCUT2D eigenvalue weighted by molar-refractivity contribution is -0.131. The van der Waals surface area contributed by atoms with Crippen molar-refractivity contribution < 1.29 is 9.59 Å². The van der Waals surface area contributed by atoms with E-state index in [2.05, 4.69) is 15.6 Å². The lowest BCUT2D eigenvalue weighted by Crippen LogP contribution is -2.43. The van der Waals surface area contributed by atoms with E-state index in [0.29, 0.717) is 30.4 Å². The Bertz CT molecular complexity index is 899. The molecule has 2 N–H and O–H groups in total. The molecule has 6 nitrogen and oxygen atoms in total. The van der Waals surface area contributed by atoms with E-state index in [4.69, 9.17) is 0 Å². The number of aromatic nitrogens is 1. The number of nitrogens with one attached hydrogen (secondary N) is 2. The van der Waals surface area contributed by atoms with Crippen LogP contribution in [0.4, 0.5) is 5.82 Å². The van der Waals surface area contributed by atoms with Crippen molar-refractivity contribution in [3.8, 4) is 0 Å². The summed E-state index contributed by atoms with van der Waals surface area (Å²) < 4.78 is 0. The maximum Gasteiger partial charge on any atom is 0.252 e. The predicted molar refractivity (Wildman–Crippen MR) is 106 cm³/mol. The zero-order chi connectivity index (χ0) is 19.2. The Hall–Kier alpha value is -2.63. The first-order chi connectivity index (χ1) is 12.8. The van der Waals surface area contributed by atoms with Crippen LogP contribution in [0, 0.1) is 0 Å². The minimum atomic E-state index is -0.195. The van der Waals surface area contributed by atoms with Crippen molar-refractivity contribution in [2.75, 3.05) is 11.9 Å². The molecule has 0 radical (unpaired) electrons. The summed E-state index contributed by atoms with van der Waals surface area (Å²) in [7, 11) is 0. The molecule has 142 valence electrons. The summed E-state index contributed by atoms with van der Waals surface area (Å²) in [6.07, 6.45) is 2.54. The summed E-state index contributed by atoms with van der Waals surface area (Å²) in [4.78, 5) is 31.6. The van der Waals surface area contributed by atoms with Crippen LogP contribution in [0.25, 0.3) is 10.9 Å². The van der Waals surface area contributed by atoms with Gasteiger partial charge in [0.15, 0.2) is 0 Å². The maximum absolute atomic E-state index is 12.7. The van der Waals surface area contributed by atoms with Crippen LogP contribution >= 0.6 is 0 Å². The normalized spacial score (nSPS) is 20.2. The molecule has 2 amide bonds.